The van der Waals surface area contributed by atoms with Crippen LogP contribution in [0.3, 0.4) is 0 Å². The fraction of sp³-hybridized carbons (Fsp3) is 0.613. The highest BCUT2D eigenvalue weighted by atomic mass is 16.5. The first kappa shape index (κ1) is 27.2. The van der Waals surface area contributed by atoms with Crippen molar-refractivity contribution in [2.24, 2.45) is 16.7 Å². The van der Waals surface area contributed by atoms with Crippen LogP contribution in [0.2, 0.25) is 0 Å². The lowest BCUT2D eigenvalue weighted by molar-refractivity contribution is -0.129. The van der Waals surface area contributed by atoms with Gasteiger partial charge in [-0.25, -0.2) is 0 Å². The van der Waals surface area contributed by atoms with Gasteiger partial charge in [-0.3, -0.25) is 14.4 Å². The number of carbonyl (C=O) groups is 3. The van der Waals surface area contributed by atoms with Crippen LogP contribution in [0.15, 0.2) is 24.3 Å². The summed E-state index contributed by atoms with van der Waals surface area (Å²) in [4.78, 5) is 45.3. The van der Waals surface area contributed by atoms with Gasteiger partial charge in [0.1, 0.15) is 29.3 Å². The predicted octanol–water partition coefficient (Wildman–Crippen LogP) is 5.14. The number of aromatic nitrogens is 1. The number of amides is 2. The van der Waals surface area contributed by atoms with Gasteiger partial charge in [0.15, 0.2) is 0 Å². The molecule has 3 unspecified atom stereocenters. The number of H-pyrrole nitrogens is 1. The van der Waals surface area contributed by atoms with Gasteiger partial charge in [0.2, 0.25) is 5.91 Å². The summed E-state index contributed by atoms with van der Waals surface area (Å²) < 4.78 is 5.47. The van der Waals surface area contributed by atoms with E-state index in [1.807, 2.05) is 18.2 Å². The highest BCUT2D eigenvalue weighted by Crippen LogP contribution is 2.47. The lowest BCUT2D eigenvalue weighted by atomic mass is 9.71. The summed E-state index contributed by atoms with van der Waals surface area (Å²) in [5, 5.41) is 13.6. The lowest BCUT2D eigenvalue weighted by Crippen LogP contribution is -2.49. The normalized spacial score (nSPS) is 24.9. The number of ketones is 1. The summed E-state index contributed by atoms with van der Waals surface area (Å²) in [5.74, 6) is 0.132. The maximum Gasteiger partial charge on any atom is 0.271 e. The predicted molar refractivity (Wildman–Crippen MR) is 148 cm³/mol. The van der Waals surface area contributed by atoms with Crippen molar-refractivity contribution < 1.29 is 19.1 Å². The summed E-state index contributed by atoms with van der Waals surface area (Å²) in [6.45, 7) is 4.73. The molecule has 2 N–H and O–H groups in total. The summed E-state index contributed by atoms with van der Waals surface area (Å²) in [5.41, 5.74) is 1.14. The number of hydrogen-bond acceptors (Lipinski definition) is 5. The van der Waals surface area contributed by atoms with E-state index in [1.54, 1.807) is 18.1 Å². The first-order valence-electron chi connectivity index (χ1n) is 14.3. The van der Waals surface area contributed by atoms with Crippen molar-refractivity contribution in [3.8, 4) is 11.8 Å². The fourth-order valence-corrected chi connectivity index (χ4v) is 7.12. The van der Waals surface area contributed by atoms with Gasteiger partial charge < -0.3 is 19.9 Å². The van der Waals surface area contributed by atoms with Crippen LogP contribution in [0.4, 0.5) is 0 Å². The van der Waals surface area contributed by atoms with Crippen molar-refractivity contribution in [2.75, 3.05) is 13.7 Å². The quantitative estimate of drug-likeness (QED) is 0.535. The molecule has 1 aliphatic heterocycles. The molecule has 1 aromatic carbocycles. The standard InChI is InChI=1S/C31H40N4O4/c1-30(2)13-10-20(26(36)17-30)14-21(18-32)33-28(37)25-16-31(11-5-4-6-12-31)19-35(25)29(38)24-15-22-23(34-24)8-7-9-27(22)39-3/h7-9,15,20-21,25,34H,4-6,10-14,16-17,19H2,1-3H3,(H,33,37). The molecule has 0 radical (unpaired) electrons. The first-order chi connectivity index (χ1) is 18.6. The summed E-state index contributed by atoms with van der Waals surface area (Å²) in [6, 6.07) is 8.22. The number of aromatic amines is 1. The Hall–Kier alpha value is -3.34. The molecule has 1 spiro atoms. The number of Topliss-reactive ketones (excluding diaryl/α,β-unsaturated/α-hetero) is 1. The third-order valence-corrected chi connectivity index (χ3v) is 9.33. The molecule has 8 nitrogen and oxygen atoms in total. The van der Waals surface area contributed by atoms with E-state index < -0.39 is 12.1 Å². The van der Waals surface area contributed by atoms with E-state index in [4.69, 9.17) is 4.74 Å². The minimum Gasteiger partial charge on any atom is -0.496 e. The van der Waals surface area contributed by atoms with Crippen molar-refractivity contribution >= 4 is 28.5 Å². The Morgan fingerprint density at radius 2 is 2.00 bits per heavy atom. The number of fused-ring (bicyclic) bond motifs is 1. The third-order valence-electron chi connectivity index (χ3n) is 9.33. The molecule has 1 aromatic heterocycles. The molecule has 208 valence electrons. The van der Waals surface area contributed by atoms with E-state index in [-0.39, 0.29) is 34.3 Å². The van der Waals surface area contributed by atoms with Crippen LogP contribution in [0.5, 0.6) is 5.75 Å². The van der Waals surface area contributed by atoms with Gasteiger partial charge in [0.25, 0.3) is 5.91 Å². The van der Waals surface area contributed by atoms with Gasteiger partial charge in [0.05, 0.1) is 13.2 Å². The van der Waals surface area contributed by atoms with Crippen molar-refractivity contribution in [1.29, 1.82) is 5.26 Å². The fourth-order valence-electron chi connectivity index (χ4n) is 7.12. The zero-order valence-electron chi connectivity index (χ0n) is 23.3. The van der Waals surface area contributed by atoms with Gasteiger partial charge in [-0.2, -0.15) is 5.26 Å². The SMILES string of the molecule is COc1cccc2[nH]c(C(=O)N3CC4(CCCCC4)CC3C(=O)NC(C#N)CC3CCC(C)(C)CC3=O)cc12. The van der Waals surface area contributed by atoms with E-state index in [2.05, 4.69) is 30.2 Å². The van der Waals surface area contributed by atoms with Crippen LogP contribution in [0.25, 0.3) is 10.9 Å². The maximum absolute atomic E-state index is 13.9. The van der Waals surface area contributed by atoms with Crippen molar-refractivity contribution in [2.45, 2.75) is 90.1 Å². The molecular formula is C31H40N4O4. The number of benzene rings is 1. The van der Waals surface area contributed by atoms with Gasteiger partial charge >= 0.3 is 0 Å². The average molecular weight is 533 g/mol. The van der Waals surface area contributed by atoms with E-state index in [9.17, 15) is 19.6 Å². The van der Waals surface area contributed by atoms with Crippen LogP contribution in [0.1, 0.15) is 88.5 Å². The number of nitrogens with zero attached hydrogens (tertiary/aromatic N) is 2. The minimum atomic E-state index is -0.759. The molecule has 8 heteroatoms. The Labute approximate surface area is 230 Å². The Balaban J connectivity index is 1.35. The largest absolute Gasteiger partial charge is 0.496 e. The number of carbonyl (C=O) groups excluding carboxylic acids is 3. The molecule has 3 fully saturated rings. The van der Waals surface area contributed by atoms with E-state index >= 15 is 0 Å². The Morgan fingerprint density at radius 1 is 1.23 bits per heavy atom. The minimum absolute atomic E-state index is 0.00929. The number of ether oxygens (including phenoxy) is 1. The molecule has 2 aromatic rings. The summed E-state index contributed by atoms with van der Waals surface area (Å²) >= 11 is 0. The van der Waals surface area contributed by atoms with E-state index in [0.717, 1.165) is 49.4 Å². The second-order valence-corrected chi connectivity index (χ2v) is 12.8. The lowest BCUT2D eigenvalue weighted by Gasteiger charge is -2.34. The summed E-state index contributed by atoms with van der Waals surface area (Å²) in [6.07, 6.45) is 8.46. The van der Waals surface area contributed by atoms with E-state index in [0.29, 0.717) is 37.3 Å². The topological polar surface area (TPSA) is 115 Å². The number of likely N-dealkylation sites (tertiary alicyclic amines) is 1. The zero-order valence-corrected chi connectivity index (χ0v) is 23.3. The number of methoxy groups -OCH3 is 1. The Kier molecular flexibility index (Phi) is 7.45. The van der Waals surface area contributed by atoms with E-state index in [1.165, 1.54) is 6.42 Å². The molecule has 39 heavy (non-hydrogen) atoms. The smallest absolute Gasteiger partial charge is 0.271 e. The van der Waals surface area contributed by atoms with Crippen molar-refractivity contribution in [3.05, 3.63) is 30.0 Å². The molecule has 2 saturated carbocycles. The Bertz CT molecular complexity index is 1300. The summed E-state index contributed by atoms with van der Waals surface area (Å²) in [7, 11) is 1.60. The molecule has 2 aliphatic carbocycles. The van der Waals surface area contributed by atoms with Crippen LogP contribution in [0, 0.1) is 28.1 Å². The van der Waals surface area contributed by atoms with Crippen LogP contribution >= 0.6 is 0 Å². The monoisotopic (exact) mass is 532 g/mol. The molecule has 2 heterocycles. The second-order valence-electron chi connectivity index (χ2n) is 12.8. The molecule has 3 aliphatic rings. The molecule has 0 bridgehead atoms. The van der Waals surface area contributed by atoms with Crippen molar-refractivity contribution in [1.82, 2.24) is 15.2 Å². The zero-order chi connectivity index (χ0) is 27.8. The van der Waals surface area contributed by atoms with Crippen LogP contribution < -0.4 is 10.1 Å². The van der Waals surface area contributed by atoms with Gasteiger partial charge in [-0.1, -0.05) is 39.2 Å². The highest BCUT2D eigenvalue weighted by Gasteiger charge is 2.49. The molecular weight excluding hydrogens is 492 g/mol. The highest BCUT2D eigenvalue weighted by molar-refractivity contribution is 6.02. The molecule has 3 atom stereocenters. The van der Waals surface area contributed by atoms with Crippen molar-refractivity contribution in [3.63, 3.8) is 0 Å². The van der Waals surface area contributed by atoms with Gasteiger partial charge in [-0.05, 0) is 67.6 Å². The van der Waals surface area contributed by atoms with Crippen LogP contribution in [-0.4, -0.2) is 53.2 Å². The number of hydrogen-bond donors (Lipinski definition) is 2. The number of nitrogens with one attached hydrogen (secondary N) is 2. The van der Waals surface area contributed by atoms with Gasteiger partial charge in [-0.15, -0.1) is 0 Å². The molecule has 5 rings (SSSR count). The molecule has 1 saturated heterocycles. The number of nitriles is 1. The maximum atomic E-state index is 13.9. The first-order valence-corrected chi connectivity index (χ1v) is 14.3. The number of rotatable bonds is 6. The third kappa shape index (κ3) is 5.54. The molecule has 2 amide bonds. The van der Waals surface area contributed by atoms with Crippen LogP contribution in [-0.2, 0) is 9.59 Å². The average Bonchev–Trinajstić information content (AvgIpc) is 3.51. The Morgan fingerprint density at radius 3 is 2.69 bits per heavy atom. The van der Waals surface area contributed by atoms with Gasteiger partial charge in [0, 0.05) is 29.8 Å². The second kappa shape index (κ2) is 10.7.